The lowest BCUT2D eigenvalue weighted by Crippen LogP contribution is -2.06. The van der Waals surface area contributed by atoms with Gasteiger partial charge in [-0.05, 0) is 25.1 Å². The smallest absolute Gasteiger partial charge is 0.290 e. The van der Waals surface area contributed by atoms with Gasteiger partial charge < -0.3 is 15.1 Å². The predicted molar refractivity (Wildman–Crippen MR) is 60.5 cm³/mol. The van der Waals surface area contributed by atoms with Crippen LogP contribution in [0.4, 0.5) is 0 Å². The fourth-order valence-corrected chi connectivity index (χ4v) is 0.918. The molecule has 3 N–H and O–H groups in total. The molecule has 0 atom stereocenters. The van der Waals surface area contributed by atoms with Crippen molar-refractivity contribution in [1.82, 2.24) is 9.97 Å². The van der Waals surface area contributed by atoms with Gasteiger partial charge in [0.1, 0.15) is 0 Å². The van der Waals surface area contributed by atoms with Crippen molar-refractivity contribution in [1.29, 1.82) is 0 Å². The third-order valence-electron chi connectivity index (χ3n) is 1.81. The highest BCUT2D eigenvalue weighted by Gasteiger charge is 1.87. The Morgan fingerprint density at radius 2 is 1.56 bits per heavy atom. The van der Waals surface area contributed by atoms with Gasteiger partial charge in [-0.25, -0.2) is 0 Å². The first kappa shape index (κ1) is 11.8. The van der Waals surface area contributed by atoms with Crippen molar-refractivity contribution in [2.75, 3.05) is 0 Å². The van der Waals surface area contributed by atoms with Gasteiger partial charge in [0.15, 0.2) is 5.75 Å². The van der Waals surface area contributed by atoms with Gasteiger partial charge in [-0.2, -0.15) is 0 Å². The molecule has 0 amide bonds. The standard InChI is InChI=1S/C6H7NO.C5H5NO2/c1-5-3-2-4-7-6(5)8;7-4-2-1-3-6-5(4)8/h2-4H,1H3,(H,7,8);1-3,7H,(H,6,8). The second-order valence-corrected chi connectivity index (χ2v) is 3.07. The molecule has 0 radical (unpaired) electrons. The van der Waals surface area contributed by atoms with Gasteiger partial charge in [0.25, 0.3) is 11.1 Å². The molecule has 0 saturated heterocycles. The Balaban J connectivity index is 0.000000160. The van der Waals surface area contributed by atoms with Crippen LogP contribution in [0, 0.1) is 6.92 Å². The molecule has 5 heteroatoms. The van der Waals surface area contributed by atoms with E-state index in [0.717, 1.165) is 5.56 Å². The maximum atomic E-state index is 10.6. The first-order chi connectivity index (χ1) is 7.61. The number of hydrogen-bond donors (Lipinski definition) is 3. The van der Waals surface area contributed by atoms with Crippen LogP contribution in [0.25, 0.3) is 0 Å². The first-order valence-corrected chi connectivity index (χ1v) is 4.62. The summed E-state index contributed by atoms with van der Waals surface area (Å²) in [5.41, 5.74) is 0.299. The van der Waals surface area contributed by atoms with Gasteiger partial charge in [-0.1, -0.05) is 6.07 Å². The number of hydrogen-bond acceptors (Lipinski definition) is 3. The Bertz CT molecular complexity index is 506. The largest absolute Gasteiger partial charge is 0.503 e. The fraction of sp³-hybridized carbons (Fsp3) is 0.0909. The highest BCUT2D eigenvalue weighted by molar-refractivity contribution is 5.12. The number of nitrogens with one attached hydrogen (secondary N) is 2. The predicted octanol–water partition coefficient (Wildman–Crippen LogP) is 0.764. The number of aryl methyl sites for hydroxylation is 1. The van der Waals surface area contributed by atoms with Crippen LogP contribution in [-0.2, 0) is 0 Å². The molecule has 0 aliphatic carbocycles. The van der Waals surface area contributed by atoms with Crippen molar-refractivity contribution in [3.8, 4) is 5.75 Å². The highest BCUT2D eigenvalue weighted by atomic mass is 16.3. The van der Waals surface area contributed by atoms with Gasteiger partial charge in [-0.15, -0.1) is 0 Å². The minimum Gasteiger partial charge on any atom is -0.503 e. The molecule has 5 nitrogen and oxygen atoms in total. The van der Waals surface area contributed by atoms with E-state index in [1.165, 1.54) is 12.3 Å². The highest BCUT2D eigenvalue weighted by Crippen LogP contribution is 1.92. The van der Waals surface area contributed by atoms with Gasteiger partial charge in [-0.3, -0.25) is 9.59 Å². The summed E-state index contributed by atoms with van der Waals surface area (Å²) < 4.78 is 0. The van der Waals surface area contributed by atoms with E-state index in [4.69, 9.17) is 5.11 Å². The van der Waals surface area contributed by atoms with Crippen LogP contribution in [0.3, 0.4) is 0 Å². The fourth-order valence-electron chi connectivity index (χ4n) is 0.918. The first-order valence-electron chi connectivity index (χ1n) is 4.62. The summed E-state index contributed by atoms with van der Waals surface area (Å²) in [5.74, 6) is -0.243. The zero-order valence-corrected chi connectivity index (χ0v) is 8.73. The van der Waals surface area contributed by atoms with E-state index >= 15 is 0 Å². The van der Waals surface area contributed by atoms with E-state index in [-0.39, 0.29) is 11.3 Å². The summed E-state index contributed by atoms with van der Waals surface area (Å²) >= 11 is 0. The molecule has 0 bridgehead atoms. The molecule has 0 unspecified atom stereocenters. The topological polar surface area (TPSA) is 86.0 Å². The normalized spacial score (nSPS) is 9.06. The van der Waals surface area contributed by atoms with Crippen molar-refractivity contribution in [3.05, 3.63) is 62.9 Å². The van der Waals surface area contributed by atoms with Crippen LogP contribution in [-0.4, -0.2) is 15.1 Å². The molecule has 0 fully saturated rings. The summed E-state index contributed by atoms with van der Waals surface area (Å²) in [7, 11) is 0. The summed E-state index contributed by atoms with van der Waals surface area (Å²) in [6, 6.07) is 6.46. The lowest BCUT2D eigenvalue weighted by Gasteiger charge is -1.83. The molecule has 0 saturated carbocycles. The molecule has 2 aromatic rings. The van der Waals surface area contributed by atoms with Gasteiger partial charge in [0.2, 0.25) is 0 Å². The Kier molecular flexibility index (Phi) is 4.08. The Labute approximate surface area is 91.4 Å². The zero-order chi connectivity index (χ0) is 12.0. The SMILES string of the molecule is Cc1ccc[nH]c1=O.O=c1[nH]cccc1O. The molecule has 0 aliphatic rings. The molecule has 2 rings (SSSR count). The van der Waals surface area contributed by atoms with Crippen LogP contribution >= 0.6 is 0 Å². The molecular formula is C11H12N2O3. The third-order valence-corrected chi connectivity index (χ3v) is 1.81. The van der Waals surface area contributed by atoms with E-state index in [9.17, 15) is 9.59 Å². The van der Waals surface area contributed by atoms with Crippen molar-refractivity contribution < 1.29 is 5.11 Å². The maximum Gasteiger partial charge on any atom is 0.290 e. The van der Waals surface area contributed by atoms with E-state index in [1.807, 2.05) is 0 Å². The van der Waals surface area contributed by atoms with Crippen LogP contribution in [0.5, 0.6) is 5.75 Å². The number of aromatic amines is 2. The van der Waals surface area contributed by atoms with E-state index in [2.05, 4.69) is 9.97 Å². The number of rotatable bonds is 0. The van der Waals surface area contributed by atoms with E-state index in [1.54, 1.807) is 31.3 Å². The average molecular weight is 220 g/mol. The molecule has 84 valence electrons. The Hall–Kier alpha value is -2.30. The molecular weight excluding hydrogens is 208 g/mol. The van der Waals surface area contributed by atoms with Crippen LogP contribution < -0.4 is 11.1 Å². The van der Waals surface area contributed by atoms with Gasteiger partial charge >= 0.3 is 0 Å². The minimum atomic E-state index is -0.451. The van der Waals surface area contributed by atoms with Gasteiger partial charge in [0.05, 0.1) is 0 Å². The minimum absolute atomic E-state index is 0.00694. The maximum absolute atomic E-state index is 10.6. The zero-order valence-electron chi connectivity index (χ0n) is 8.73. The summed E-state index contributed by atoms with van der Waals surface area (Å²) in [6.07, 6.45) is 3.08. The van der Waals surface area contributed by atoms with Crippen LogP contribution in [0.1, 0.15) is 5.56 Å². The Morgan fingerprint density at radius 1 is 1.00 bits per heavy atom. The number of pyridine rings is 2. The number of aromatic hydroxyl groups is 1. The number of aromatic nitrogens is 2. The van der Waals surface area contributed by atoms with Crippen molar-refractivity contribution in [2.24, 2.45) is 0 Å². The number of H-pyrrole nitrogens is 2. The lowest BCUT2D eigenvalue weighted by molar-refractivity contribution is 0.466. The molecule has 0 aromatic carbocycles. The van der Waals surface area contributed by atoms with Crippen LogP contribution in [0.15, 0.2) is 46.2 Å². The monoisotopic (exact) mass is 220 g/mol. The molecule has 0 spiro atoms. The van der Waals surface area contributed by atoms with Crippen molar-refractivity contribution in [2.45, 2.75) is 6.92 Å². The molecule has 2 aromatic heterocycles. The third kappa shape index (κ3) is 3.45. The molecule has 0 aliphatic heterocycles. The second-order valence-electron chi connectivity index (χ2n) is 3.07. The Morgan fingerprint density at radius 3 is 1.88 bits per heavy atom. The summed E-state index contributed by atoms with van der Waals surface area (Å²) in [6.45, 7) is 1.78. The lowest BCUT2D eigenvalue weighted by atomic mass is 10.3. The van der Waals surface area contributed by atoms with E-state index < -0.39 is 5.56 Å². The van der Waals surface area contributed by atoms with Crippen molar-refractivity contribution >= 4 is 0 Å². The molecule has 16 heavy (non-hydrogen) atoms. The quantitative estimate of drug-likeness (QED) is 0.612. The second kappa shape index (κ2) is 5.55. The molecule has 2 heterocycles. The van der Waals surface area contributed by atoms with E-state index in [0.29, 0.717) is 0 Å². The van der Waals surface area contributed by atoms with Gasteiger partial charge in [0, 0.05) is 18.0 Å². The van der Waals surface area contributed by atoms with Crippen LogP contribution in [0.2, 0.25) is 0 Å². The van der Waals surface area contributed by atoms with Crippen molar-refractivity contribution in [3.63, 3.8) is 0 Å². The average Bonchev–Trinajstić information content (AvgIpc) is 2.28. The summed E-state index contributed by atoms with van der Waals surface area (Å²) in [5, 5.41) is 8.58. The summed E-state index contributed by atoms with van der Waals surface area (Å²) in [4.78, 5) is 25.7.